The van der Waals surface area contributed by atoms with E-state index in [2.05, 4.69) is 15.4 Å². The third-order valence-corrected chi connectivity index (χ3v) is 4.08. The second-order valence-electron chi connectivity index (χ2n) is 6.09. The lowest BCUT2D eigenvalue weighted by Crippen LogP contribution is -2.34. The van der Waals surface area contributed by atoms with Gasteiger partial charge in [0.2, 0.25) is 0 Å². The summed E-state index contributed by atoms with van der Waals surface area (Å²) in [7, 11) is 0. The number of hydrogen-bond donors (Lipinski definition) is 2. The number of carbonyl (C=O) groups excluding carboxylic acids is 1. The zero-order valence-corrected chi connectivity index (χ0v) is 14.6. The number of carboxylic acids is 1. The van der Waals surface area contributed by atoms with Gasteiger partial charge in [-0.15, -0.1) is 0 Å². The van der Waals surface area contributed by atoms with E-state index in [0.29, 0.717) is 28.8 Å². The summed E-state index contributed by atoms with van der Waals surface area (Å²) in [5, 5.41) is 16.6. The van der Waals surface area contributed by atoms with E-state index in [1.165, 1.54) is 0 Å². The number of rotatable bonds is 6. The Balaban J connectivity index is 2.07. The van der Waals surface area contributed by atoms with Crippen LogP contribution in [0, 0.1) is 0 Å². The lowest BCUT2D eigenvalue weighted by molar-refractivity contribution is -0.137. The molecule has 0 radical (unpaired) electrons. The molecule has 2 heterocycles. The van der Waals surface area contributed by atoms with E-state index in [1.807, 2.05) is 37.3 Å². The number of aliphatic carboxylic acids is 1. The second kappa shape index (κ2) is 7.35. The minimum absolute atomic E-state index is 0.139. The van der Waals surface area contributed by atoms with Gasteiger partial charge >= 0.3 is 5.97 Å². The van der Waals surface area contributed by atoms with Crippen LogP contribution in [-0.4, -0.2) is 37.8 Å². The van der Waals surface area contributed by atoms with Gasteiger partial charge in [-0.3, -0.25) is 9.59 Å². The van der Waals surface area contributed by atoms with Crippen LogP contribution >= 0.6 is 0 Å². The zero-order valence-electron chi connectivity index (χ0n) is 14.6. The van der Waals surface area contributed by atoms with Crippen molar-refractivity contribution in [3.63, 3.8) is 0 Å². The first-order valence-electron chi connectivity index (χ1n) is 8.44. The van der Waals surface area contributed by atoms with Crippen molar-refractivity contribution in [3.05, 3.63) is 48.2 Å². The first-order chi connectivity index (χ1) is 12.5. The minimum atomic E-state index is -0.957. The van der Waals surface area contributed by atoms with Crippen LogP contribution in [0.5, 0.6) is 0 Å². The number of nitrogens with zero attached hydrogens (tertiary/aromatic N) is 3. The summed E-state index contributed by atoms with van der Waals surface area (Å²) in [6, 6.07) is 10.8. The van der Waals surface area contributed by atoms with Gasteiger partial charge in [0.1, 0.15) is 0 Å². The summed E-state index contributed by atoms with van der Waals surface area (Å²) in [6.07, 6.45) is 1.48. The monoisotopic (exact) mass is 352 g/mol. The molecule has 0 aliphatic rings. The molecule has 3 aromatic rings. The van der Waals surface area contributed by atoms with E-state index in [1.54, 1.807) is 23.9 Å². The number of carbonyl (C=O) groups is 2. The van der Waals surface area contributed by atoms with Gasteiger partial charge in [-0.2, -0.15) is 5.10 Å². The molecule has 1 atom stereocenters. The Labute approximate surface area is 150 Å². The lowest BCUT2D eigenvalue weighted by Gasteiger charge is -2.13. The molecule has 0 fully saturated rings. The SMILES string of the molecule is CCn1ncc2c(C(=O)NC(C)CC(=O)O)cc(-c3ccccc3)nc21. The van der Waals surface area contributed by atoms with Gasteiger partial charge in [0.05, 0.1) is 29.3 Å². The van der Waals surface area contributed by atoms with Crippen molar-refractivity contribution in [2.24, 2.45) is 0 Å². The fourth-order valence-corrected chi connectivity index (χ4v) is 2.84. The number of fused-ring (bicyclic) bond motifs is 1. The van der Waals surface area contributed by atoms with Crippen LogP contribution in [0.4, 0.5) is 0 Å². The maximum absolute atomic E-state index is 12.8. The number of aryl methyl sites for hydroxylation is 1. The molecule has 1 unspecified atom stereocenters. The molecular weight excluding hydrogens is 332 g/mol. The summed E-state index contributed by atoms with van der Waals surface area (Å²) >= 11 is 0. The van der Waals surface area contributed by atoms with E-state index in [-0.39, 0.29) is 12.3 Å². The van der Waals surface area contributed by atoms with E-state index in [4.69, 9.17) is 5.11 Å². The van der Waals surface area contributed by atoms with Gasteiger partial charge in [0, 0.05) is 18.2 Å². The zero-order chi connectivity index (χ0) is 18.7. The van der Waals surface area contributed by atoms with Crippen molar-refractivity contribution >= 4 is 22.9 Å². The third kappa shape index (κ3) is 3.56. The number of aromatic nitrogens is 3. The van der Waals surface area contributed by atoms with Crippen LogP contribution in [0.15, 0.2) is 42.6 Å². The third-order valence-electron chi connectivity index (χ3n) is 4.08. The second-order valence-corrected chi connectivity index (χ2v) is 6.09. The van der Waals surface area contributed by atoms with Crippen LogP contribution in [0.2, 0.25) is 0 Å². The molecular formula is C19H20N4O3. The topological polar surface area (TPSA) is 97.1 Å². The Morgan fingerprint density at radius 2 is 2.00 bits per heavy atom. The van der Waals surface area contributed by atoms with Crippen LogP contribution in [0.25, 0.3) is 22.3 Å². The molecule has 26 heavy (non-hydrogen) atoms. The van der Waals surface area contributed by atoms with Crippen LogP contribution in [0.1, 0.15) is 30.6 Å². The highest BCUT2D eigenvalue weighted by Crippen LogP contribution is 2.25. The fourth-order valence-electron chi connectivity index (χ4n) is 2.84. The molecule has 0 saturated carbocycles. The maximum atomic E-state index is 12.8. The summed E-state index contributed by atoms with van der Waals surface area (Å²) in [6.45, 7) is 4.25. The number of carboxylic acid groups (broad SMARTS) is 1. The predicted octanol–water partition coefficient (Wildman–Crippen LogP) is 2.71. The van der Waals surface area contributed by atoms with Gasteiger partial charge < -0.3 is 10.4 Å². The molecule has 7 nitrogen and oxygen atoms in total. The van der Waals surface area contributed by atoms with Gasteiger partial charge in [-0.05, 0) is 19.9 Å². The van der Waals surface area contributed by atoms with E-state index in [0.717, 1.165) is 5.56 Å². The Hall–Kier alpha value is -3.22. The predicted molar refractivity (Wildman–Crippen MR) is 97.8 cm³/mol. The molecule has 1 aromatic carbocycles. The number of nitrogens with one attached hydrogen (secondary N) is 1. The van der Waals surface area contributed by atoms with Crippen molar-refractivity contribution in [1.82, 2.24) is 20.1 Å². The number of hydrogen-bond acceptors (Lipinski definition) is 4. The first kappa shape index (κ1) is 17.6. The molecule has 1 amide bonds. The van der Waals surface area contributed by atoms with Crippen LogP contribution < -0.4 is 5.32 Å². The Morgan fingerprint density at radius 1 is 1.27 bits per heavy atom. The number of benzene rings is 1. The van der Waals surface area contributed by atoms with Crippen LogP contribution in [0.3, 0.4) is 0 Å². The highest BCUT2D eigenvalue weighted by molar-refractivity contribution is 6.06. The van der Waals surface area contributed by atoms with E-state index in [9.17, 15) is 9.59 Å². The molecule has 3 rings (SSSR count). The smallest absolute Gasteiger partial charge is 0.305 e. The average Bonchev–Trinajstić information content (AvgIpc) is 3.03. The van der Waals surface area contributed by atoms with E-state index >= 15 is 0 Å². The summed E-state index contributed by atoms with van der Waals surface area (Å²) in [5.74, 6) is -1.29. The number of pyridine rings is 1. The first-order valence-corrected chi connectivity index (χ1v) is 8.44. The molecule has 0 aliphatic heterocycles. The van der Waals surface area contributed by atoms with Crippen molar-refractivity contribution < 1.29 is 14.7 Å². The molecule has 0 spiro atoms. The van der Waals surface area contributed by atoms with Crippen molar-refractivity contribution in [3.8, 4) is 11.3 Å². The average molecular weight is 352 g/mol. The molecule has 2 aromatic heterocycles. The van der Waals surface area contributed by atoms with Gasteiger partial charge in [-0.1, -0.05) is 30.3 Å². The standard InChI is InChI=1S/C19H20N4O3/c1-3-23-18-15(11-20-23)14(19(26)21-12(2)9-17(24)25)10-16(22-18)13-7-5-4-6-8-13/h4-8,10-12H,3,9H2,1-2H3,(H,21,26)(H,24,25). The van der Waals surface area contributed by atoms with Crippen LogP contribution in [-0.2, 0) is 11.3 Å². The maximum Gasteiger partial charge on any atom is 0.305 e. The molecule has 7 heteroatoms. The Bertz CT molecular complexity index is 950. The normalized spacial score (nSPS) is 12.1. The van der Waals surface area contributed by atoms with Crippen molar-refractivity contribution in [1.29, 1.82) is 0 Å². The summed E-state index contributed by atoms with van der Waals surface area (Å²) < 4.78 is 1.74. The molecule has 2 N–H and O–H groups in total. The molecule has 134 valence electrons. The fraction of sp³-hybridized carbons (Fsp3) is 0.263. The highest BCUT2D eigenvalue weighted by atomic mass is 16.4. The van der Waals surface area contributed by atoms with Gasteiger partial charge in [0.15, 0.2) is 5.65 Å². The summed E-state index contributed by atoms with van der Waals surface area (Å²) in [5.41, 5.74) is 2.63. The minimum Gasteiger partial charge on any atom is -0.481 e. The van der Waals surface area contributed by atoms with Gasteiger partial charge in [-0.25, -0.2) is 9.67 Å². The highest BCUT2D eigenvalue weighted by Gasteiger charge is 2.19. The number of amides is 1. The molecule has 0 bridgehead atoms. The Morgan fingerprint density at radius 3 is 2.65 bits per heavy atom. The largest absolute Gasteiger partial charge is 0.481 e. The van der Waals surface area contributed by atoms with Crippen molar-refractivity contribution in [2.45, 2.75) is 32.9 Å². The summed E-state index contributed by atoms with van der Waals surface area (Å²) in [4.78, 5) is 28.3. The molecule has 0 saturated heterocycles. The Kier molecular flexibility index (Phi) is 4.97. The lowest BCUT2D eigenvalue weighted by atomic mass is 10.1. The van der Waals surface area contributed by atoms with Crippen molar-refractivity contribution in [2.75, 3.05) is 0 Å². The molecule has 0 aliphatic carbocycles. The van der Waals surface area contributed by atoms with Gasteiger partial charge in [0.25, 0.3) is 5.91 Å². The van der Waals surface area contributed by atoms with E-state index < -0.39 is 12.0 Å². The quantitative estimate of drug-likeness (QED) is 0.711.